The Hall–Kier alpha value is -2.47. The van der Waals surface area contributed by atoms with Crippen LogP contribution in [-0.2, 0) is 11.3 Å². The quantitative estimate of drug-likeness (QED) is 0.700. The molecule has 0 aliphatic rings. The van der Waals surface area contributed by atoms with Gasteiger partial charge in [-0.1, -0.05) is 36.0 Å². The Morgan fingerprint density at radius 3 is 2.92 bits per heavy atom. The number of benzene rings is 1. The lowest BCUT2D eigenvalue weighted by molar-refractivity contribution is -0.120. The van der Waals surface area contributed by atoms with Gasteiger partial charge in [0.25, 0.3) is 0 Å². The van der Waals surface area contributed by atoms with Gasteiger partial charge in [0.1, 0.15) is 5.75 Å². The van der Waals surface area contributed by atoms with Gasteiger partial charge in [-0.25, -0.2) is 4.98 Å². The van der Waals surface area contributed by atoms with E-state index in [1.165, 1.54) is 11.8 Å². The molecule has 0 saturated carbocycles. The fourth-order valence-corrected chi connectivity index (χ4v) is 3.29. The van der Waals surface area contributed by atoms with Crippen LogP contribution in [-0.4, -0.2) is 27.7 Å². The lowest BCUT2D eigenvalue weighted by Gasteiger charge is -2.13. The summed E-state index contributed by atoms with van der Waals surface area (Å²) < 4.78 is 7.28. The van der Waals surface area contributed by atoms with Gasteiger partial charge in [-0.05, 0) is 25.1 Å². The van der Waals surface area contributed by atoms with Crippen LogP contribution in [0.2, 0.25) is 0 Å². The summed E-state index contributed by atoms with van der Waals surface area (Å²) in [7, 11) is 1.63. The molecule has 0 aliphatic heterocycles. The van der Waals surface area contributed by atoms with Crippen molar-refractivity contribution in [3.63, 3.8) is 0 Å². The molecule has 1 N–H and O–H groups in total. The van der Waals surface area contributed by atoms with E-state index in [4.69, 9.17) is 4.74 Å². The molecule has 0 bridgehead atoms. The lowest BCUT2D eigenvalue weighted by atomic mass is 10.2. The van der Waals surface area contributed by atoms with E-state index in [0.717, 1.165) is 22.0 Å². The normalized spacial score (nSPS) is 12.1. The van der Waals surface area contributed by atoms with Gasteiger partial charge < -0.3 is 10.1 Å². The largest absolute Gasteiger partial charge is 0.496 e. The summed E-state index contributed by atoms with van der Waals surface area (Å²) in [4.78, 5) is 16.8. The average Bonchev–Trinajstić information content (AvgIpc) is 3.03. The number of aromatic nitrogens is 2. The van der Waals surface area contributed by atoms with Gasteiger partial charge >= 0.3 is 0 Å². The standard InChI is InChI=1S/C18H19N3O2S/c1-13(24-18-20-12-15-8-5-6-10-21(15)18)17(22)19-11-14-7-3-4-9-16(14)23-2/h3-10,12-13H,11H2,1-2H3,(H,19,22). The van der Waals surface area contributed by atoms with Crippen molar-refractivity contribution >= 4 is 23.2 Å². The number of para-hydroxylation sites is 1. The van der Waals surface area contributed by atoms with E-state index < -0.39 is 0 Å². The van der Waals surface area contributed by atoms with E-state index in [-0.39, 0.29) is 11.2 Å². The highest BCUT2D eigenvalue weighted by atomic mass is 32.2. The Morgan fingerprint density at radius 2 is 2.08 bits per heavy atom. The second kappa shape index (κ2) is 7.40. The molecule has 6 heteroatoms. The molecule has 1 aromatic carbocycles. The minimum atomic E-state index is -0.245. The van der Waals surface area contributed by atoms with Crippen LogP contribution in [0.15, 0.2) is 60.0 Å². The maximum atomic E-state index is 12.4. The minimum absolute atomic E-state index is 0.0291. The molecule has 0 saturated heterocycles. The first-order valence-corrected chi connectivity index (χ1v) is 8.55. The molecule has 124 valence electrons. The van der Waals surface area contributed by atoms with Gasteiger partial charge in [0.2, 0.25) is 5.91 Å². The van der Waals surface area contributed by atoms with E-state index in [1.807, 2.05) is 66.2 Å². The van der Waals surface area contributed by atoms with E-state index in [9.17, 15) is 4.79 Å². The van der Waals surface area contributed by atoms with Crippen molar-refractivity contribution in [1.82, 2.24) is 14.7 Å². The highest BCUT2D eigenvalue weighted by Gasteiger charge is 2.17. The van der Waals surface area contributed by atoms with Crippen molar-refractivity contribution in [2.45, 2.75) is 23.9 Å². The number of hydrogen-bond donors (Lipinski definition) is 1. The fraction of sp³-hybridized carbons (Fsp3) is 0.222. The predicted octanol–water partition coefficient (Wildman–Crippen LogP) is 3.14. The van der Waals surface area contributed by atoms with Crippen LogP contribution in [0.25, 0.3) is 5.52 Å². The Balaban J connectivity index is 1.63. The third-order valence-corrected chi connectivity index (χ3v) is 4.78. The number of hydrogen-bond acceptors (Lipinski definition) is 4. The molecule has 0 spiro atoms. The van der Waals surface area contributed by atoms with Crippen LogP contribution in [0, 0.1) is 0 Å². The summed E-state index contributed by atoms with van der Waals surface area (Å²) in [6.45, 7) is 2.32. The first kappa shape index (κ1) is 16.4. The van der Waals surface area contributed by atoms with Gasteiger partial charge in [-0.2, -0.15) is 0 Å². The van der Waals surface area contributed by atoms with Crippen molar-refractivity contribution in [3.05, 3.63) is 60.4 Å². The van der Waals surface area contributed by atoms with Gasteiger partial charge in [0.05, 0.1) is 24.1 Å². The second-order valence-electron chi connectivity index (χ2n) is 5.33. The van der Waals surface area contributed by atoms with E-state index in [0.29, 0.717) is 6.54 Å². The zero-order valence-corrected chi connectivity index (χ0v) is 14.4. The van der Waals surface area contributed by atoms with Crippen molar-refractivity contribution in [1.29, 1.82) is 0 Å². The molecule has 3 aromatic rings. The number of pyridine rings is 1. The molecule has 24 heavy (non-hydrogen) atoms. The van der Waals surface area contributed by atoms with Crippen LogP contribution < -0.4 is 10.1 Å². The van der Waals surface area contributed by atoms with Crippen molar-refractivity contribution in [2.75, 3.05) is 7.11 Å². The van der Waals surface area contributed by atoms with E-state index >= 15 is 0 Å². The zero-order valence-electron chi connectivity index (χ0n) is 13.6. The number of methoxy groups -OCH3 is 1. The molecule has 0 fully saturated rings. The summed E-state index contributed by atoms with van der Waals surface area (Å²) in [5.74, 6) is 0.746. The predicted molar refractivity (Wildman–Crippen MR) is 95.4 cm³/mol. The molecule has 0 radical (unpaired) electrons. The number of carbonyl (C=O) groups excluding carboxylic acids is 1. The number of imidazole rings is 1. The van der Waals surface area contributed by atoms with Crippen molar-refractivity contribution in [2.24, 2.45) is 0 Å². The Labute approximate surface area is 145 Å². The molecule has 2 aromatic heterocycles. The third kappa shape index (κ3) is 3.54. The minimum Gasteiger partial charge on any atom is -0.496 e. The van der Waals surface area contributed by atoms with Crippen LogP contribution in [0.3, 0.4) is 0 Å². The van der Waals surface area contributed by atoms with Crippen LogP contribution in [0.1, 0.15) is 12.5 Å². The average molecular weight is 341 g/mol. The molecule has 2 heterocycles. The molecule has 1 unspecified atom stereocenters. The number of fused-ring (bicyclic) bond motifs is 1. The summed E-state index contributed by atoms with van der Waals surface area (Å²) in [6, 6.07) is 13.6. The molecule has 1 atom stereocenters. The fourth-order valence-electron chi connectivity index (χ4n) is 2.39. The third-order valence-electron chi connectivity index (χ3n) is 3.70. The number of carbonyl (C=O) groups is 1. The Bertz CT molecular complexity index is 847. The van der Waals surface area contributed by atoms with E-state index in [1.54, 1.807) is 7.11 Å². The summed E-state index contributed by atoms with van der Waals surface area (Å²) in [5.41, 5.74) is 1.97. The number of thioether (sulfide) groups is 1. The number of amides is 1. The maximum absolute atomic E-state index is 12.4. The molecule has 1 amide bonds. The van der Waals surface area contributed by atoms with Crippen molar-refractivity contribution < 1.29 is 9.53 Å². The second-order valence-corrected chi connectivity index (χ2v) is 6.63. The van der Waals surface area contributed by atoms with Crippen molar-refractivity contribution in [3.8, 4) is 5.75 Å². The maximum Gasteiger partial charge on any atom is 0.233 e. The summed E-state index contributed by atoms with van der Waals surface area (Å²) >= 11 is 1.44. The molecule has 0 aliphatic carbocycles. The van der Waals surface area contributed by atoms with Gasteiger partial charge in [-0.3, -0.25) is 9.20 Å². The smallest absolute Gasteiger partial charge is 0.233 e. The molecular formula is C18H19N3O2S. The van der Waals surface area contributed by atoms with Gasteiger partial charge in [-0.15, -0.1) is 0 Å². The number of rotatable bonds is 6. The first-order chi connectivity index (χ1) is 11.7. The molecule has 5 nitrogen and oxygen atoms in total. The molecule has 3 rings (SSSR count). The molecular weight excluding hydrogens is 322 g/mol. The van der Waals surface area contributed by atoms with Crippen LogP contribution in [0.5, 0.6) is 5.75 Å². The zero-order chi connectivity index (χ0) is 16.9. The lowest BCUT2D eigenvalue weighted by Crippen LogP contribution is -2.30. The number of ether oxygens (including phenoxy) is 1. The van der Waals surface area contributed by atoms with Gasteiger partial charge in [0, 0.05) is 18.3 Å². The summed E-state index contributed by atoms with van der Waals surface area (Å²) in [5, 5.41) is 3.52. The van der Waals surface area contributed by atoms with Crippen LogP contribution >= 0.6 is 11.8 Å². The van der Waals surface area contributed by atoms with Gasteiger partial charge in [0.15, 0.2) is 5.16 Å². The van der Waals surface area contributed by atoms with E-state index in [2.05, 4.69) is 10.3 Å². The highest BCUT2D eigenvalue weighted by molar-refractivity contribution is 8.00. The monoisotopic (exact) mass is 341 g/mol. The Kier molecular flexibility index (Phi) is 5.05. The van der Waals surface area contributed by atoms with Crippen LogP contribution in [0.4, 0.5) is 0 Å². The SMILES string of the molecule is COc1ccccc1CNC(=O)C(C)Sc1ncc2ccccn12. The number of nitrogens with zero attached hydrogens (tertiary/aromatic N) is 2. The number of nitrogens with one attached hydrogen (secondary N) is 1. The topological polar surface area (TPSA) is 55.6 Å². The first-order valence-electron chi connectivity index (χ1n) is 7.67. The Morgan fingerprint density at radius 1 is 1.29 bits per heavy atom. The summed E-state index contributed by atoms with van der Waals surface area (Å²) in [6.07, 6.45) is 3.76. The highest BCUT2D eigenvalue weighted by Crippen LogP contribution is 2.23.